The number of alkyl halides is 2. The first-order valence-corrected chi connectivity index (χ1v) is 11.0. The molecular formula is C22H23F4N7O. The maximum Gasteiger partial charge on any atom is 0.322 e. The van der Waals surface area contributed by atoms with Gasteiger partial charge in [0, 0.05) is 49.1 Å². The van der Waals surface area contributed by atoms with Crippen molar-refractivity contribution in [3.8, 4) is 11.8 Å². The number of fused-ring (bicyclic) bond motifs is 2. The fraction of sp³-hybridized carbons (Fsp3) is 0.455. The highest BCUT2D eigenvalue weighted by atomic mass is 19.3. The van der Waals surface area contributed by atoms with Crippen molar-refractivity contribution in [3.05, 3.63) is 47.9 Å². The van der Waals surface area contributed by atoms with Crippen molar-refractivity contribution < 1.29 is 22.3 Å². The Labute approximate surface area is 193 Å². The molecule has 3 aromatic rings. The molecule has 0 amide bonds. The van der Waals surface area contributed by atoms with Gasteiger partial charge in [-0.25, -0.2) is 32.2 Å². The normalized spacial score (nSPS) is 21.8. The van der Waals surface area contributed by atoms with Crippen LogP contribution in [-0.2, 0) is 6.54 Å². The lowest BCUT2D eigenvalue weighted by molar-refractivity contribution is 0.118. The van der Waals surface area contributed by atoms with E-state index in [0.717, 1.165) is 54.3 Å². The van der Waals surface area contributed by atoms with Crippen molar-refractivity contribution in [2.24, 2.45) is 11.8 Å². The monoisotopic (exact) mass is 477 g/mol. The first kappa shape index (κ1) is 22.4. The summed E-state index contributed by atoms with van der Waals surface area (Å²) in [4.78, 5) is 15.0. The summed E-state index contributed by atoms with van der Waals surface area (Å²) in [6, 6.07) is 4.33. The van der Waals surface area contributed by atoms with Gasteiger partial charge in [0.25, 0.3) is 6.43 Å². The summed E-state index contributed by atoms with van der Waals surface area (Å²) >= 11 is 0. The quantitative estimate of drug-likeness (QED) is 0.515. The average Bonchev–Trinajstić information content (AvgIpc) is 3.21. The second-order valence-corrected chi connectivity index (χ2v) is 8.69. The summed E-state index contributed by atoms with van der Waals surface area (Å²) in [5.74, 6) is -0.289. The molecule has 2 aromatic heterocycles. The molecule has 1 aliphatic carbocycles. The van der Waals surface area contributed by atoms with E-state index in [1.54, 1.807) is 6.33 Å². The van der Waals surface area contributed by atoms with Crippen molar-refractivity contribution in [3.63, 3.8) is 0 Å². The van der Waals surface area contributed by atoms with E-state index in [4.69, 9.17) is 4.74 Å². The minimum Gasteiger partial charge on any atom is -0.424 e. The van der Waals surface area contributed by atoms with E-state index >= 15 is 0 Å². The third-order valence-electron chi connectivity index (χ3n) is 6.24. The van der Waals surface area contributed by atoms with Crippen LogP contribution in [0.4, 0.5) is 29.3 Å². The van der Waals surface area contributed by atoms with Gasteiger partial charge in [-0.05, 0) is 31.6 Å². The van der Waals surface area contributed by atoms with Gasteiger partial charge >= 0.3 is 6.01 Å². The van der Waals surface area contributed by atoms with E-state index in [1.165, 1.54) is 0 Å². The van der Waals surface area contributed by atoms with Crippen LogP contribution in [0.3, 0.4) is 0 Å². The molecule has 180 valence electrons. The van der Waals surface area contributed by atoms with Crippen LogP contribution in [0.2, 0.25) is 0 Å². The van der Waals surface area contributed by atoms with Gasteiger partial charge in [-0.15, -0.1) is 5.10 Å². The van der Waals surface area contributed by atoms with Gasteiger partial charge in [-0.3, -0.25) is 0 Å². The molecule has 1 N–H and O–H groups in total. The van der Waals surface area contributed by atoms with Crippen LogP contribution >= 0.6 is 0 Å². The molecule has 3 atom stereocenters. The summed E-state index contributed by atoms with van der Waals surface area (Å²) in [7, 11) is 0. The number of piperidine rings is 1. The molecule has 1 aromatic carbocycles. The van der Waals surface area contributed by atoms with Crippen LogP contribution in [0.25, 0.3) is 0 Å². The van der Waals surface area contributed by atoms with Crippen LogP contribution in [0, 0.1) is 30.4 Å². The Morgan fingerprint density at radius 2 is 1.76 bits per heavy atom. The Bertz CT molecular complexity index is 1140. The molecule has 0 unspecified atom stereocenters. The van der Waals surface area contributed by atoms with Gasteiger partial charge < -0.3 is 15.0 Å². The van der Waals surface area contributed by atoms with Crippen molar-refractivity contribution in [1.29, 1.82) is 0 Å². The smallest absolute Gasteiger partial charge is 0.322 e. The molecule has 0 spiro atoms. The molecule has 2 fully saturated rings. The maximum absolute atomic E-state index is 13.5. The predicted molar refractivity (Wildman–Crippen MR) is 115 cm³/mol. The summed E-state index contributed by atoms with van der Waals surface area (Å²) in [6.45, 7) is 2.73. The minimum absolute atomic E-state index is 0.0565. The van der Waals surface area contributed by atoms with E-state index in [1.807, 2.05) is 13.0 Å². The van der Waals surface area contributed by atoms with Crippen LogP contribution < -0.4 is 15.0 Å². The van der Waals surface area contributed by atoms with Crippen molar-refractivity contribution in [2.45, 2.75) is 38.8 Å². The van der Waals surface area contributed by atoms with Gasteiger partial charge in [0.05, 0.1) is 0 Å². The van der Waals surface area contributed by atoms with E-state index in [2.05, 4.69) is 30.3 Å². The van der Waals surface area contributed by atoms with E-state index < -0.39 is 24.6 Å². The molecule has 2 aliphatic rings. The summed E-state index contributed by atoms with van der Waals surface area (Å²) in [5, 5.41) is 7.43. The molecule has 5 rings (SSSR count). The fourth-order valence-corrected chi connectivity index (χ4v) is 4.81. The highest BCUT2D eigenvalue weighted by molar-refractivity contribution is 5.42. The lowest BCUT2D eigenvalue weighted by atomic mass is 9.92. The zero-order valence-electron chi connectivity index (χ0n) is 18.3. The lowest BCUT2D eigenvalue weighted by Crippen LogP contribution is -2.48. The van der Waals surface area contributed by atoms with E-state index in [-0.39, 0.29) is 35.6 Å². The third kappa shape index (κ3) is 4.75. The number of nitrogens with zero attached hydrogens (tertiary/aromatic N) is 6. The van der Waals surface area contributed by atoms with Crippen LogP contribution in [0.15, 0.2) is 30.6 Å². The Hall–Kier alpha value is -3.44. The molecule has 3 heterocycles. The number of hydrogen-bond donors (Lipinski definition) is 1. The number of aryl methyl sites for hydroxylation is 1. The average molecular weight is 477 g/mol. The molecule has 1 saturated heterocycles. The fourth-order valence-electron chi connectivity index (χ4n) is 4.81. The third-order valence-corrected chi connectivity index (χ3v) is 6.24. The van der Waals surface area contributed by atoms with Crippen LogP contribution in [-0.4, -0.2) is 50.3 Å². The topological polar surface area (TPSA) is 81.0 Å². The zero-order chi connectivity index (χ0) is 23.8. The molecule has 8 nitrogen and oxygen atoms in total. The van der Waals surface area contributed by atoms with E-state index in [9.17, 15) is 17.6 Å². The molecule has 34 heavy (non-hydrogen) atoms. The Morgan fingerprint density at radius 3 is 2.41 bits per heavy atom. The second kappa shape index (κ2) is 9.07. The number of ether oxygens (including phenoxy) is 1. The Kier molecular flexibility index (Phi) is 5.96. The van der Waals surface area contributed by atoms with Gasteiger partial charge in [-0.1, -0.05) is 0 Å². The first-order chi connectivity index (χ1) is 16.3. The van der Waals surface area contributed by atoms with E-state index in [0.29, 0.717) is 6.07 Å². The molecule has 0 radical (unpaired) electrons. The van der Waals surface area contributed by atoms with Gasteiger partial charge in [-0.2, -0.15) is 4.98 Å². The van der Waals surface area contributed by atoms with Crippen molar-refractivity contribution in [2.75, 3.05) is 23.3 Å². The number of halogens is 4. The zero-order valence-corrected chi connectivity index (χ0v) is 18.3. The summed E-state index contributed by atoms with van der Waals surface area (Å²) in [6.07, 6.45) is 0.860. The van der Waals surface area contributed by atoms with Crippen LogP contribution in [0.5, 0.6) is 11.8 Å². The summed E-state index contributed by atoms with van der Waals surface area (Å²) in [5.41, 5.74) is 0.900. The Morgan fingerprint density at radius 1 is 1.06 bits per heavy atom. The first-order valence-electron chi connectivity index (χ1n) is 11.0. The SMILES string of the molecule is Cc1cc(N2C[C@H]3CC[C@@H](C2)[C@H]3Nc2nc(Oc3cc(F)cc(F)c3)n(CC(F)F)n2)ncn1. The number of anilines is 2. The van der Waals surface area contributed by atoms with Crippen molar-refractivity contribution in [1.82, 2.24) is 24.7 Å². The number of rotatable bonds is 7. The predicted octanol–water partition coefficient (Wildman–Crippen LogP) is 4.04. The molecular weight excluding hydrogens is 454 g/mol. The number of nitrogens with one attached hydrogen (secondary N) is 1. The largest absolute Gasteiger partial charge is 0.424 e. The van der Waals surface area contributed by atoms with Gasteiger partial charge in [0.2, 0.25) is 5.95 Å². The lowest BCUT2D eigenvalue weighted by Gasteiger charge is -2.38. The number of hydrogen-bond acceptors (Lipinski definition) is 7. The number of benzene rings is 1. The maximum atomic E-state index is 13.5. The minimum atomic E-state index is -2.71. The van der Waals surface area contributed by atoms with Gasteiger partial charge in [0.15, 0.2) is 0 Å². The van der Waals surface area contributed by atoms with Gasteiger partial charge in [0.1, 0.15) is 36.1 Å². The highest BCUT2D eigenvalue weighted by Crippen LogP contribution is 2.40. The molecule has 1 aliphatic heterocycles. The highest BCUT2D eigenvalue weighted by Gasteiger charge is 2.43. The Balaban J connectivity index is 1.33. The molecule has 12 heteroatoms. The second-order valence-electron chi connectivity index (χ2n) is 8.69. The summed E-state index contributed by atoms with van der Waals surface area (Å²) < 4.78 is 59.5. The molecule has 2 bridgehead atoms. The standard InChI is InChI=1S/C22H23F4N7O/c1-12-4-19(28-11-27-12)32-8-13-2-3-14(9-32)20(13)29-21-30-22(33(31-21)10-18(25)26)34-17-6-15(23)5-16(24)7-17/h4-7,11,13-14,18,20H,2-3,8-10H2,1H3,(H,29,31)/t13-,14+,20+. The number of aromatic nitrogens is 5. The van der Waals surface area contributed by atoms with Crippen LogP contribution in [0.1, 0.15) is 18.5 Å². The van der Waals surface area contributed by atoms with Crippen molar-refractivity contribution >= 4 is 11.8 Å². The molecule has 1 saturated carbocycles.